The summed E-state index contributed by atoms with van der Waals surface area (Å²) in [5, 5.41) is 0. The molecule has 0 radical (unpaired) electrons. The Hall–Kier alpha value is -1.02. The van der Waals surface area contributed by atoms with Gasteiger partial charge in [-0.25, -0.2) is 0 Å². The first kappa shape index (κ1) is 21.0. The van der Waals surface area contributed by atoms with E-state index in [0.717, 1.165) is 5.75 Å². The Bertz CT molecular complexity index is 474. The minimum atomic E-state index is 0.132. The molecule has 0 aliphatic rings. The molecule has 0 saturated carbocycles. The van der Waals surface area contributed by atoms with E-state index < -0.39 is 0 Å². The van der Waals surface area contributed by atoms with Crippen molar-refractivity contribution in [3.63, 3.8) is 0 Å². The lowest BCUT2D eigenvalue weighted by atomic mass is 9.69. The average molecular weight is 335 g/mol. The molecule has 0 N–H and O–H groups in total. The van der Waals surface area contributed by atoms with E-state index in [9.17, 15) is 0 Å². The largest absolute Gasteiger partial charge is 0.491 e. The van der Waals surface area contributed by atoms with Gasteiger partial charge in [-0.05, 0) is 46.8 Å². The van der Waals surface area contributed by atoms with E-state index in [2.05, 4.69) is 79.7 Å². The smallest absolute Gasteiger partial charge is 0.119 e. The van der Waals surface area contributed by atoms with Crippen LogP contribution in [0.1, 0.15) is 73.3 Å². The van der Waals surface area contributed by atoms with Crippen molar-refractivity contribution in [2.45, 2.75) is 73.8 Å². The van der Waals surface area contributed by atoms with Crippen LogP contribution in [-0.4, -0.2) is 19.8 Å². The van der Waals surface area contributed by atoms with Crippen molar-refractivity contribution in [3.8, 4) is 5.75 Å². The van der Waals surface area contributed by atoms with Crippen LogP contribution in [-0.2, 0) is 4.74 Å². The molecular formula is C22H38O2. The van der Waals surface area contributed by atoms with Gasteiger partial charge in [-0.2, -0.15) is 0 Å². The van der Waals surface area contributed by atoms with Crippen LogP contribution in [0.4, 0.5) is 0 Å². The lowest BCUT2D eigenvalue weighted by Crippen LogP contribution is -2.26. The summed E-state index contributed by atoms with van der Waals surface area (Å²) in [6, 6.07) is 8.66. The molecule has 0 bridgehead atoms. The molecule has 24 heavy (non-hydrogen) atoms. The molecule has 0 saturated heterocycles. The van der Waals surface area contributed by atoms with Crippen molar-refractivity contribution in [1.82, 2.24) is 0 Å². The topological polar surface area (TPSA) is 18.5 Å². The van der Waals surface area contributed by atoms with Gasteiger partial charge in [0.05, 0.1) is 6.10 Å². The van der Waals surface area contributed by atoms with Crippen LogP contribution in [0.3, 0.4) is 0 Å². The molecular weight excluding hydrogens is 296 g/mol. The molecule has 2 nitrogen and oxygen atoms in total. The SMILES string of the molecule is COC(COc1ccc(C(CC(C)(C)C)C(C)(C)C)cc1)C(C)C. The van der Waals surface area contributed by atoms with Crippen LogP contribution in [0, 0.1) is 16.7 Å². The van der Waals surface area contributed by atoms with Crippen molar-refractivity contribution in [3.05, 3.63) is 29.8 Å². The second-order valence-electron chi connectivity index (χ2n) is 9.58. The van der Waals surface area contributed by atoms with Crippen LogP contribution >= 0.6 is 0 Å². The fourth-order valence-corrected chi connectivity index (χ4v) is 3.04. The van der Waals surface area contributed by atoms with E-state index in [1.807, 2.05) is 0 Å². The summed E-state index contributed by atoms with van der Waals surface area (Å²) in [5.74, 6) is 1.91. The average Bonchev–Trinajstić information content (AvgIpc) is 2.44. The first-order chi connectivity index (χ1) is 10.9. The normalized spacial score (nSPS) is 15.4. The Morgan fingerprint density at radius 3 is 1.83 bits per heavy atom. The molecule has 0 spiro atoms. The fourth-order valence-electron chi connectivity index (χ4n) is 3.04. The first-order valence-electron chi connectivity index (χ1n) is 9.19. The molecule has 0 aliphatic heterocycles. The number of ether oxygens (including phenoxy) is 2. The Morgan fingerprint density at radius 1 is 0.917 bits per heavy atom. The summed E-state index contributed by atoms with van der Waals surface area (Å²) in [6.07, 6.45) is 1.31. The van der Waals surface area contributed by atoms with E-state index in [1.165, 1.54) is 12.0 Å². The minimum absolute atomic E-state index is 0.132. The third kappa shape index (κ3) is 6.84. The van der Waals surface area contributed by atoms with Crippen LogP contribution in [0.5, 0.6) is 5.75 Å². The van der Waals surface area contributed by atoms with Crippen LogP contribution in [0.25, 0.3) is 0 Å². The molecule has 0 amide bonds. The Kier molecular flexibility index (Phi) is 7.34. The van der Waals surface area contributed by atoms with Gasteiger partial charge in [0.2, 0.25) is 0 Å². The Balaban J connectivity index is 2.83. The summed E-state index contributed by atoms with van der Waals surface area (Å²) in [4.78, 5) is 0. The summed E-state index contributed by atoms with van der Waals surface area (Å²) in [7, 11) is 1.75. The molecule has 0 heterocycles. The highest BCUT2D eigenvalue weighted by molar-refractivity contribution is 5.30. The van der Waals surface area contributed by atoms with Gasteiger partial charge in [0.25, 0.3) is 0 Å². The molecule has 2 unspecified atom stereocenters. The molecule has 0 fully saturated rings. The zero-order valence-electron chi connectivity index (χ0n) is 17.3. The highest BCUT2D eigenvalue weighted by Gasteiger charge is 2.30. The first-order valence-corrected chi connectivity index (χ1v) is 9.19. The standard InChI is InChI=1S/C22H38O2/c1-16(2)20(23-9)15-24-18-12-10-17(11-13-18)19(22(6,7)8)14-21(3,4)5/h10-13,16,19-20H,14-15H2,1-9H3. The highest BCUT2D eigenvalue weighted by Crippen LogP contribution is 2.43. The Labute approximate surface area is 149 Å². The maximum absolute atomic E-state index is 5.92. The maximum Gasteiger partial charge on any atom is 0.119 e. The molecule has 0 aliphatic carbocycles. The van der Waals surface area contributed by atoms with Gasteiger partial charge in [-0.3, -0.25) is 0 Å². The summed E-state index contributed by atoms with van der Waals surface area (Å²) in [6.45, 7) is 18.9. The molecule has 1 rings (SSSR count). The molecule has 1 aromatic carbocycles. The van der Waals surface area contributed by atoms with Crippen LogP contribution < -0.4 is 4.74 Å². The molecule has 2 heteroatoms. The predicted octanol–water partition coefficient (Wildman–Crippen LogP) is 6.30. The van der Waals surface area contributed by atoms with Gasteiger partial charge in [-0.15, -0.1) is 0 Å². The third-order valence-electron chi connectivity index (χ3n) is 4.60. The zero-order valence-corrected chi connectivity index (χ0v) is 17.3. The van der Waals surface area contributed by atoms with Gasteiger partial charge in [0.1, 0.15) is 12.4 Å². The zero-order chi connectivity index (χ0) is 18.5. The minimum Gasteiger partial charge on any atom is -0.491 e. The van der Waals surface area contributed by atoms with E-state index in [1.54, 1.807) is 7.11 Å². The Morgan fingerprint density at radius 2 is 1.46 bits per heavy atom. The summed E-state index contributed by atoms with van der Waals surface area (Å²) in [5.41, 5.74) is 1.96. The monoisotopic (exact) mass is 334 g/mol. The molecule has 0 aromatic heterocycles. The van der Waals surface area contributed by atoms with Gasteiger partial charge >= 0.3 is 0 Å². The van der Waals surface area contributed by atoms with Gasteiger partial charge in [0, 0.05) is 7.11 Å². The van der Waals surface area contributed by atoms with Crippen molar-refractivity contribution in [1.29, 1.82) is 0 Å². The van der Waals surface area contributed by atoms with E-state index in [0.29, 0.717) is 23.9 Å². The van der Waals surface area contributed by atoms with E-state index >= 15 is 0 Å². The fraction of sp³-hybridized carbons (Fsp3) is 0.727. The second-order valence-corrected chi connectivity index (χ2v) is 9.58. The number of methoxy groups -OCH3 is 1. The number of rotatable bonds is 7. The maximum atomic E-state index is 5.92. The molecule has 138 valence electrons. The van der Waals surface area contributed by atoms with E-state index in [4.69, 9.17) is 9.47 Å². The van der Waals surface area contributed by atoms with Crippen molar-refractivity contribution in [2.75, 3.05) is 13.7 Å². The summed E-state index contributed by atoms with van der Waals surface area (Å²) < 4.78 is 11.4. The number of benzene rings is 1. The number of hydrogen-bond donors (Lipinski definition) is 0. The molecule has 1 aromatic rings. The predicted molar refractivity (Wildman–Crippen MR) is 104 cm³/mol. The van der Waals surface area contributed by atoms with Crippen LogP contribution in [0.2, 0.25) is 0 Å². The van der Waals surface area contributed by atoms with Crippen molar-refractivity contribution in [2.24, 2.45) is 16.7 Å². The highest BCUT2D eigenvalue weighted by atomic mass is 16.5. The third-order valence-corrected chi connectivity index (χ3v) is 4.60. The van der Waals surface area contributed by atoms with Crippen molar-refractivity contribution >= 4 is 0 Å². The van der Waals surface area contributed by atoms with Gasteiger partial charge in [0.15, 0.2) is 0 Å². The molecule has 2 atom stereocenters. The lowest BCUT2D eigenvalue weighted by molar-refractivity contribution is 0.0262. The van der Waals surface area contributed by atoms with Gasteiger partial charge < -0.3 is 9.47 Å². The second kappa shape index (κ2) is 8.38. The van der Waals surface area contributed by atoms with E-state index in [-0.39, 0.29) is 11.5 Å². The van der Waals surface area contributed by atoms with Crippen LogP contribution in [0.15, 0.2) is 24.3 Å². The lowest BCUT2D eigenvalue weighted by Gasteiger charge is -2.36. The quantitative estimate of drug-likeness (QED) is 0.582. The van der Waals surface area contributed by atoms with Gasteiger partial charge in [-0.1, -0.05) is 67.5 Å². The number of hydrogen-bond acceptors (Lipinski definition) is 2. The van der Waals surface area contributed by atoms with Crippen molar-refractivity contribution < 1.29 is 9.47 Å². The summed E-state index contributed by atoms with van der Waals surface area (Å²) >= 11 is 0.